The molecule has 3 rings (SSSR count). The van der Waals surface area contributed by atoms with Crippen LogP contribution in [0, 0.1) is 25.2 Å². The summed E-state index contributed by atoms with van der Waals surface area (Å²) in [5.74, 6) is 0. The molecular weight excluding hydrogens is 410 g/mol. The van der Waals surface area contributed by atoms with E-state index in [0.29, 0.717) is 10.6 Å². The fraction of sp³-hybridized carbons (Fsp3) is 0.200. The lowest BCUT2D eigenvalue weighted by atomic mass is 10.0. The molecule has 0 atom stereocenters. The molecule has 0 aliphatic heterocycles. The van der Waals surface area contributed by atoms with Gasteiger partial charge in [0.05, 0.1) is 22.8 Å². The Hall–Kier alpha value is -2.74. The predicted octanol–water partition coefficient (Wildman–Crippen LogP) is 7.29. The number of aromatic nitrogens is 2. The number of benzene rings is 2. The molecule has 1 aromatic heterocycles. The second-order valence-corrected chi connectivity index (χ2v) is 7.94. The minimum Gasteiger partial charge on any atom is -0.264 e. The van der Waals surface area contributed by atoms with Crippen molar-refractivity contribution in [2.45, 2.75) is 27.3 Å². The van der Waals surface area contributed by atoms with Gasteiger partial charge in [0.25, 0.3) is 0 Å². The molecule has 0 saturated heterocycles. The molecule has 3 aromatic rings. The number of hydrogen-bond acceptors (Lipinski definition) is 3. The second-order valence-electron chi connectivity index (χ2n) is 6.63. The molecule has 154 valence electrons. The third kappa shape index (κ3) is 5.05. The molecule has 5 heteroatoms. The highest BCUT2D eigenvalue weighted by Crippen LogP contribution is 2.32. The van der Waals surface area contributed by atoms with Crippen LogP contribution in [-0.2, 0) is 6.54 Å². The predicted molar refractivity (Wildman–Crippen MR) is 131 cm³/mol. The van der Waals surface area contributed by atoms with Crippen LogP contribution < -0.4 is 0 Å². The third-order valence-electron chi connectivity index (χ3n) is 4.92. The van der Waals surface area contributed by atoms with E-state index in [2.05, 4.69) is 68.3 Å². The van der Waals surface area contributed by atoms with Gasteiger partial charge in [-0.25, -0.2) is 0 Å². The second kappa shape index (κ2) is 10.9. The van der Waals surface area contributed by atoms with Gasteiger partial charge in [0, 0.05) is 16.2 Å². The number of nitriles is 1. The molecule has 2 aromatic carbocycles. The van der Waals surface area contributed by atoms with Crippen molar-refractivity contribution in [3.05, 3.63) is 94.1 Å². The van der Waals surface area contributed by atoms with Crippen molar-refractivity contribution in [1.29, 1.82) is 5.26 Å². The van der Waals surface area contributed by atoms with Crippen molar-refractivity contribution < 1.29 is 0 Å². The molecule has 0 spiro atoms. The molecule has 0 radical (unpaired) electrons. The highest BCUT2D eigenvalue weighted by atomic mass is 35.5. The van der Waals surface area contributed by atoms with Gasteiger partial charge in [0.2, 0.25) is 0 Å². The maximum Gasteiger partial charge on any atom is 0.101 e. The molecule has 0 aliphatic rings. The summed E-state index contributed by atoms with van der Waals surface area (Å²) in [6, 6.07) is 18.1. The maximum absolute atomic E-state index is 9.11. The fourth-order valence-electron chi connectivity index (χ4n) is 3.35. The monoisotopic (exact) mass is 435 g/mol. The van der Waals surface area contributed by atoms with Crippen LogP contribution in [-0.4, -0.2) is 16.0 Å². The van der Waals surface area contributed by atoms with Gasteiger partial charge in [0.1, 0.15) is 6.07 Å². The topological polar surface area (TPSA) is 41.6 Å². The summed E-state index contributed by atoms with van der Waals surface area (Å²) < 4.78 is 2.05. The van der Waals surface area contributed by atoms with Crippen LogP contribution in [0.5, 0.6) is 0 Å². The van der Waals surface area contributed by atoms with Gasteiger partial charge < -0.3 is 0 Å². The molecule has 30 heavy (non-hydrogen) atoms. The van der Waals surface area contributed by atoms with Crippen molar-refractivity contribution >= 4 is 28.9 Å². The first-order valence-electron chi connectivity index (χ1n) is 9.49. The van der Waals surface area contributed by atoms with Crippen LogP contribution in [0.15, 0.2) is 66.6 Å². The van der Waals surface area contributed by atoms with Crippen LogP contribution >= 0.6 is 23.4 Å². The van der Waals surface area contributed by atoms with Crippen molar-refractivity contribution in [2.24, 2.45) is 0 Å². The molecule has 0 amide bonds. The van der Waals surface area contributed by atoms with Crippen molar-refractivity contribution in [3.8, 4) is 17.2 Å². The molecule has 0 saturated carbocycles. The van der Waals surface area contributed by atoms with E-state index in [4.69, 9.17) is 22.0 Å². The van der Waals surface area contributed by atoms with Gasteiger partial charge in [-0.05, 0) is 55.9 Å². The largest absolute Gasteiger partial charge is 0.264 e. The molecular formula is C25H26ClN3S. The number of hydrogen-bond donors (Lipinski definition) is 0. The smallest absolute Gasteiger partial charge is 0.101 e. The summed E-state index contributed by atoms with van der Waals surface area (Å²) in [5.41, 5.74) is 7.08. The van der Waals surface area contributed by atoms with Crippen LogP contribution in [0.4, 0.5) is 0 Å². The molecule has 0 aliphatic carbocycles. The van der Waals surface area contributed by atoms with E-state index in [0.717, 1.165) is 29.1 Å². The van der Waals surface area contributed by atoms with E-state index in [1.165, 1.54) is 16.0 Å². The van der Waals surface area contributed by atoms with Crippen LogP contribution in [0.3, 0.4) is 0 Å². The van der Waals surface area contributed by atoms with E-state index >= 15 is 0 Å². The Labute approximate surface area is 188 Å². The lowest BCUT2D eigenvalue weighted by molar-refractivity contribution is 0.668. The Morgan fingerprint density at radius 1 is 1.17 bits per heavy atom. The SMILES string of the molecule is C=C.CS/C(Cn1nc(C)c(-c2ccc(C#N)c(Cl)c2)c1C)=C(\C)c1ccccc1. The minimum absolute atomic E-state index is 0.469. The highest BCUT2D eigenvalue weighted by molar-refractivity contribution is 8.02. The Kier molecular flexibility index (Phi) is 8.53. The highest BCUT2D eigenvalue weighted by Gasteiger charge is 2.16. The van der Waals surface area contributed by atoms with Crippen molar-refractivity contribution in [1.82, 2.24) is 9.78 Å². The Morgan fingerprint density at radius 3 is 2.40 bits per heavy atom. The first kappa shape index (κ1) is 23.5. The zero-order valence-electron chi connectivity index (χ0n) is 17.9. The summed E-state index contributed by atoms with van der Waals surface area (Å²) in [6.45, 7) is 13.0. The number of halogens is 1. The summed E-state index contributed by atoms with van der Waals surface area (Å²) >= 11 is 8.00. The summed E-state index contributed by atoms with van der Waals surface area (Å²) in [5, 5.41) is 14.4. The maximum atomic E-state index is 9.11. The normalized spacial score (nSPS) is 11.2. The lowest BCUT2D eigenvalue weighted by Crippen LogP contribution is -2.05. The van der Waals surface area contributed by atoms with E-state index in [1.807, 2.05) is 25.1 Å². The zero-order chi connectivity index (χ0) is 22.3. The first-order valence-corrected chi connectivity index (χ1v) is 11.1. The van der Waals surface area contributed by atoms with Crippen LogP contribution in [0.2, 0.25) is 5.02 Å². The molecule has 0 bridgehead atoms. The number of rotatable bonds is 5. The first-order chi connectivity index (χ1) is 14.5. The third-order valence-corrected chi connectivity index (χ3v) is 6.17. The number of thioether (sulfide) groups is 1. The molecule has 1 heterocycles. The van der Waals surface area contributed by atoms with E-state index in [-0.39, 0.29) is 0 Å². The summed E-state index contributed by atoms with van der Waals surface area (Å²) in [6.07, 6.45) is 2.11. The number of nitrogens with zero attached hydrogens (tertiary/aromatic N) is 3. The Morgan fingerprint density at radius 2 is 1.83 bits per heavy atom. The fourth-order valence-corrected chi connectivity index (χ4v) is 4.25. The zero-order valence-corrected chi connectivity index (χ0v) is 19.4. The average molecular weight is 436 g/mol. The van der Waals surface area contributed by atoms with Gasteiger partial charge in [0.15, 0.2) is 0 Å². The van der Waals surface area contributed by atoms with Crippen LogP contribution in [0.25, 0.3) is 16.7 Å². The van der Waals surface area contributed by atoms with E-state index in [1.54, 1.807) is 17.8 Å². The molecule has 0 unspecified atom stereocenters. The van der Waals surface area contributed by atoms with Crippen molar-refractivity contribution in [3.63, 3.8) is 0 Å². The standard InChI is InChI=1S/C23H22ClN3S.C2H4/c1-15(18-8-6-5-7-9-18)22(28-4)14-27-17(3)23(16(2)26-27)19-10-11-20(13-25)21(24)12-19;1-2/h5-12H,14H2,1-4H3;1-2H2/b22-15+;. The Bertz CT molecular complexity index is 1090. The minimum atomic E-state index is 0.469. The Balaban J connectivity index is 0.00000155. The number of allylic oxidation sites excluding steroid dienone is 2. The van der Waals surface area contributed by atoms with Gasteiger partial charge >= 0.3 is 0 Å². The van der Waals surface area contributed by atoms with Gasteiger partial charge in [-0.15, -0.1) is 24.9 Å². The molecule has 3 nitrogen and oxygen atoms in total. The van der Waals surface area contributed by atoms with Crippen molar-refractivity contribution in [2.75, 3.05) is 6.26 Å². The number of aryl methyl sites for hydroxylation is 1. The summed E-state index contributed by atoms with van der Waals surface area (Å²) in [7, 11) is 0. The van der Waals surface area contributed by atoms with E-state index < -0.39 is 0 Å². The van der Waals surface area contributed by atoms with Gasteiger partial charge in [-0.1, -0.05) is 48.0 Å². The molecule has 0 N–H and O–H groups in total. The van der Waals surface area contributed by atoms with Gasteiger partial charge in [-0.3, -0.25) is 4.68 Å². The van der Waals surface area contributed by atoms with E-state index in [9.17, 15) is 0 Å². The molecule has 0 fully saturated rings. The lowest BCUT2D eigenvalue weighted by Gasteiger charge is -2.12. The quantitative estimate of drug-likeness (QED) is 0.395. The van der Waals surface area contributed by atoms with Gasteiger partial charge in [-0.2, -0.15) is 10.4 Å². The summed E-state index contributed by atoms with van der Waals surface area (Å²) in [4.78, 5) is 1.28. The average Bonchev–Trinajstić information content (AvgIpc) is 3.06. The van der Waals surface area contributed by atoms with Crippen LogP contribution in [0.1, 0.15) is 29.4 Å².